The molecule has 1 saturated heterocycles. The molecule has 0 radical (unpaired) electrons. The standard InChI is InChI=1S/C16H20F3N3O5S/c1-11(16(17,18)19)27-15(24)21-7-9-22(10-8-21)28(25,26)14-5-3-13(4-6-14)20-12(2)23/h3-6,11H,7-10H2,1-2H3,(H,20,23). The number of ether oxygens (including phenoxy) is 1. The molecule has 0 bridgehead atoms. The third kappa shape index (κ3) is 5.35. The van der Waals surface area contributed by atoms with Gasteiger partial charge in [0.25, 0.3) is 0 Å². The monoisotopic (exact) mass is 423 g/mol. The molecule has 1 aromatic rings. The molecule has 1 aliphatic heterocycles. The van der Waals surface area contributed by atoms with Gasteiger partial charge in [-0.15, -0.1) is 0 Å². The zero-order valence-electron chi connectivity index (χ0n) is 15.2. The number of alkyl halides is 3. The van der Waals surface area contributed by atoms with Crippen molar-refractivity contribution in [2.45, 2.75) is 31.0 Å². The molecule has 1 unspecified atom stereocenters. The van der Waals surface area contributed by atoms with Crippen molar-refractivity contribution in [2.75, 3.05) is 31.5 Å². The molecular formula is C16H20F3N3O5S. The molecule has 12 heteroatoms. The first-order valence-electron chi connectivity index (χ1n) is 8.31. The summed E-state index contributed by atoms with van der Waals surface area (Å²) in [6.45, 7) is 1.71. The number of anilines is 1. The fourth-order valence-electron chi connectivity index (χ4n) is 2.47. The molecule has 0 aromatic heterocycles. The highest BCUT2D eigenvalue weighted by molar-refractivity contribution is 7.89. The molecule has 28 heavy (non-hydrogen) atoms. The maximum atomic E-state index is 12.7. The van der Waals surface area contributed by atoms with E-state index in [1.807, 2.05) is 0 Å². The predicted molar refractivity (Wildman–Crippen MR) is 93.1 cm³/mol. The van der Waals surface area contributed by atoms with Gasteiger partial charge in [0.15, 0.2) is 6.10 Å². The summed E-state index contributed by atoms with van der Waals surface area (Å²) in [6, 6.07) is 5.57. The van der Waals surface area contributed by atoms with Crippen molar-refractivity contribution >= 4 is 27.7 Å². The van der Waals surface area contributed by atoms with Crippen molar-refractivity contribution < 1.29 is 35.9 Å². The van der Waals surface area contributed by atoms with Crippen LogP contribution < -0.4 is 5.32 Å². The Morgan fingerprint density at radius 2 is 1.64 bits per heavy atom. The molecule has 0 saturated carbocycles. The quantitative estimate of drug-likeness (QED) is 0.800. The molecule has 1 heterocycles. The summed E-state index contributed by atoms with van der Waals surface area (Å²) in [7, 11) is -3.84. The number of nitrogens with one attached hydrogen (secondary N) is 1. The van der Waals surface area contributed by atoms with Crippen LogP contribution in [0, 0.1) is 0 Å². The normalized spacial score (nSPS) is 17.1. The SMILES string of the molecule is CC(=O)Nc1ccc(S(=O)(=O)N2CCN(C(=O)OC(C)C(F)(F)F)CC2)cc1. The summed E-state index contributed by atoms with van der Waals surface area (Å²) < 4.78 is 68.2. The minimum atomic E-state index is -4.66. The Balaban J connectivity index is 1.98. The van der Waals surface area contributed by atoms with Crippen molar-refractivity contribution in [1.82, 2.24) is 9.21 Å². The first-order valence-corrected chi connectivity index (χ1v) is 9.75. The summed E-state index contributed by atoms with van der Waals surface area (Å²) in [5, 5.41) is 2.52. The number of benzene rings is 1. The van der Waals surface area contributed by atoms with E-state index in [2.05, 4.69) is 10.1 Å². The van der Waals surface area contributed by atoms with Crippen LogP contribution in [0.3, 0.4) is 0 Å². The van der Waals surface area contributed by atoms with Gasteiger partial charge in [0, 0.05) is 38.8 Å². The summed E-state index contributed by atoms with van der Waals surface area (Å²) in [5.74, 6) is -0.293. The average molecular weight is 423 g/mol. The second kappa shape index (κ2) is 8.35. The number of sulfonamides is 1. The van der Waals surface area contributed by atoms with Crippen molar-refractivity contribution in [1.29, 1.82) is 0 Å². The molecule has 0 aliphatic carbocycles. The minimum Gasteiger partial charge on any atom is -0.437 e. The number of rotatable bonds is 4. The van der Waals surface area contributed by atoms with Gasteiger partial charge in [0.05, 0.1) is 4.90 Å². The van der Waals surface area contributed by atoms with Crippen LogP contribution in [0.4, 0.5) is 23.7 Å². The molecule has 0 spiro atoms. The van der Waals surface area contributed by atoms with E-state index >= 15 is 0 Å². The van der Waals surface area contributed by atoms with E-state index < -0.39 is 28.4 Å². The topological polar surface area (TPSA) is 96.0 Å². The fourth-order valence-corrected chi connectivity index (χ4v) is 3.89. The zero-order chi connectivity index (χ0) is 21.1. The molecule has 156 valence electrons. The Kier molecular flexibility index (Phi) is 6.55. The smallest absolute Gasteiger partial charge is 0.425 e. The first-order chi connectivity index (χ1) is 12.9. The largest absolute Gasteiger partial charge is 0.437 e. The van der Waals surface area contributed by atoms with Gasteiger partial charge in [-0.05, 0) is 31.2 Å². The van der Waals surface area contributed by atoms with Gasteiger partial charge in [0.1, 0.15) is 0 Å². The van der Waals surface area contributed by atoms with Crippen LogP contribution in [0.25, 0.3) is 0 Å². The van der Waals surface area contributed by atoms with E-state index in [1.165, 1.54) is 31.2 Å². The van der Waals surface area contributed by atoms with Gasteiger partial charge < -0.3 is 15.0 Å². The molecule has 1 N–H and O–H groups in total. The first kappa shape index (κ1) is 22.0. The van der Waals surface area contributed by atoms with Crippen LogP contribution in [0.2, 0.25) is 0 Å². The number of piperazine rings is 1. The molecule has 1 atom stereocenters. The number of hydrogen-bond donors (Lipinski definition) is 1. The molecule has 1 aliphatic rings. The second-order valence-corrected chi connectivity index (χ2v) is 8.10. The van der Waals surface area contributed by atoms with Gasteiger partial charge in [-0.25, -0.2) is 13.2 Å². The van der Waals surface area contributed by atoms with Crippen LogP contribution in [0.1, 0.15) is 13.8 Å². The Bertz CT molecular complexity index is 819. The maximum Gasteiger partial charge on any atom is 0.425 e. The third-order valence-electron chi connectivity index (χ3n) is 4.05. The molecule has 8 nitrogen and oxygen atoms in total. The third-order valence-corrected chi connectivity index (χ3v) is 5.96. The van der Waals surface area contributed by atoms with Crippen molar-refractivity contribution in [3.05, 3.63) is 24.3 Å². The molecular weight excluding hydrogens is 403 g/mol. The Morgan fingerprint density at radius 1 is 1.11 bits per heavy atom. The number of nitrogens with zero attached hydrogens (tertiary/aromatic N) is 2. The van der Waals surface area contributed by atoms with Crippen LogP contribution in [-0.4, -0.2) is 68.1 Å². The highest BCUT2D eigenvalue weighted by atomic mass is 32.2. The van der Waals surface area contributed by atoms with E-state index in [1.54, 1.807) is 0 Å². The van der Waals surface area contributed by atoms with Crippen LogP contribution in [0.5, 0.6) is 0 Å². The lowest BCUT2D eigenvalue weighted by atomic mass is 10.3. The zero-order valence-corrected chi connectivity index (χ0v) is 16.0. The molecule has 2 amide bonds. The summed E-state index contributed by atoms with van der Waals surface area (Å²) in [4.78, 5) is 23.9. The van der Waals surface area contributed by atoms with Crippen molar-refractivity contribution in [2.24, 2.45) is 0 Å². The van der Waals surface area contributed by atoms with Crippen LogP contribution in [0.15, 0.2) is 29.2 Å². The number of amides is 2. The number of carbonyl (C=O) groups excluding carboxylic acids is 2. The molecule has 1 fully saturated rings. The van der Waals surface area contributed by atoms with E-state index in [9.17, 15) is 31.2 Å². The number of carbonyl (C=O) groups is 2. The Hall–Kier alpha value is -2.34. The highest BCUT2D eigenvalue weighted by Crippen LogP contribution is 2.24. The second-order valence-electron chi connectivity index (χ2n) is 6.16. The number of hydrogen-bond acceptors (Lipinski definition) is 5. The van der Waals surface area contributed by atoms with Crippen LogP contribution in [-0.2, 0) is 19.6 Å². The van der Waals surface area contributed by atoms with E-state index in [4.69, 9.17) is 0 Å². The van der Waals surface area contributed by atoms with Gasteiger partial charge in [-0.2, -0.15) is 17.5 Å². The van der Waals surface area contributed by atoms with Crippen LogP contribution >= 0.6 is 0 Å². The van der Waals surface area contributed by atoms with E-state index in [0.29, 0.717) is 5.69 Å². The van der Waals surface area contributed by atoms with Crippen molar-refractivity contribution in [3.8, 4) is 0 Å². The van der Waals surface area contributed by atoms with Gasteiger partial charge in [0.2, 0.25) is 15.9 Å². The lowest BCUT2D eigenvalue weighted by Gasteiger charge is -2.34. The van der Waals surface area contributed by atoms with Crippen molar-refractivity contribution in [3.63, 3.8) is 0 Å². The van der Waals surface area contributed by atoms with Gasteiger partial charge in [-0.1, -0.05) is 0 Å². The Labute approximate surface area is 160 Å². The Morgan fingerprint density at radius 3 is 2.11 bits per heavy atom. The molecule has 1 aromatic carbocycles. The fraction of sp³-hybridized carbons (Fsp3) is 0.500. The lowest BCUT2D eigenvalue weighted by molar-refractivity contribution is -0.199. The minimum absolute atomic E-state index is 0.00308. The lowest BCUT2D eigenvalue weighted by Crippen LogP contribution is -2.51. The summed E-state index contributed by atoms with van der Waals surface area (Å²) in [6.07, 6.45) is -8.05. The highest BCUT2D eigenvalue weighted by Gasteiger charge is 2.40. The summed E-state index contributed by atoms with van der Waals surface area (Å²) >= 11 is 0. The van der Waals surface area contributed by atoms with Gasteiger partial charge >= 0.3 is 12.3 Å². The predicted octanol–water partition coefficient (Wildman–Crippen LogP) is 2.04. The van der Waals surface area contributed by atoms with E-state index in [-0.39, 0.29) is 37.0 Å². The van der Waals surface area contributed by atoms with E-state index in [0.717, 1.165) is 16.1 Å². The average Bonchev–Trinajstić information content (AvgIpc) is 2.61. The molecule has 2 rings (SSSR count). The maximum absolute atomic E-state index is 12.7. The summed E-state index contributed by atoms with van der Waals surface area (Å²) in [5.41, 5.74) is 0.442. The van der Waals surface area contributed by atoms with Gasteiger partial charge in [-0.3, -0.25) is 4.79 Å². The number of halogens is 3.